The van der Waals surface area contributed by atoms with Crippen molar-refractivity contribution in [3.8, 4) is 5.75 Å². The fourth-order valence-electron chi connectivity index (χ4n) is 1.16. The first-order valence-electron chi connectivity index (χ1n) is 4.95. The minimum absolute atomic E-state index is 0.528. The van der Waals surface area contributed by atoms with Gasteiger partial charge in [0, 0.05) is 6.54 Å². The van der Waals surface area contributed by atoms with Crippen molar-refractivity contribution in [1.29, 1.82) is 0 Å². The molecule has 0 atom stereocenters. The van der Waals surface area contributed by atoms with Crippen molar-refractivity contribution in [2.45, 2.75) is 13.5 Å². The highest BCUT2D eigenvalue weighted by Gasteiger charge is 2.06. The van der Waals surface area contributed by atoms with Crippen LogP contribution in [0.15, 0.2) is 34.8 Å². The molecule has 0 fully saturated rings. The van der Waals surface area contributed by atoms with Crippen LogP contribution in [0.2, 0.25) is 0 Å². The van der Waals surface area contributed by atoms with Gasteiger partial charge in [-0.1, -0.05) is 18.7 Å². The van der Waals surface area contributed by atoms with Gasteiger partial charge >= 0.3 is 0 Å². The van der Waals surface area contributed by atoms with Gasteiger partial charge in [0.1, 0.15) is 12.4 Å². The first-order valence-corrected chi connectivity index (χ1v) is 5.75. The summed E-state index contributed by atoms with van der Waals surface area (Å²) in [7, 11) is 1.59. The lowest BCUT2D eigenvalue weighted by Crippen LogP contribution is -2.11. The molecule has 0 saturated heterocycles. The van der Waals surface area contributed by atoms with Crippen LogP contribution in [0, 0.1) is 0 Å². The molecule has 0 saturated carbocycles. The van der Waals surface area contributed by atoms with E-state index in [0.717, 1.165) is 21.4 Å². The fourth-order valence-corrected chi connectivity index (χ4v) is 1.67. The Labute approximate surface area is 105 Å². The van der Waals surface area contributed by atoms with Crippen LogP contribution in [-0.2, 0) is 11.4 Å². The lowest BCUT2D eigenvalue weighted by Gasteiger charge is -2.11. The third-order valence-electron chi connectivity index (χ3n) is 1.92. The molecule has 1 aromatic carbocycles. The van der Waals surface area contributed by atoms with Crippen molar-refractivity contribution < 1.29 is 9.57 Å². The maximum Gasteiger partial charge on any atom is 0.134 e. The molecule has 0 spiro atoms. The predicted octanol–water partition coefficient (Wildman–Crippen LogP) is 3.06. The molecule has 0 aliphatic carbocycles. The van der Waals surface area contributed by atoms with Gasteiger partial charge in [-0.05, 0) is 40.1 Å². The normalized spacial score (nSPS) is 10.2. The largest absolute Gasteiger partial charge is 0.488 e. The number of halogens is 1. The van der Waals surface area contributed by atoms with Crippen LogP contribution < -0.4 is 10.2 Å². The van der Waals surface area contributed by atoms with E-state index in [-0.39, 0.29) is 0 Å². The Morgan fingerprint density at radius 1 is 1.50 bits per heavy atom. The summed E-state index contributed by atoms with van der Waals surface area (Å²) in [4.78, 5) is 4.81. The number of rotatable bonds is 6. The lowest BCUT2D eigenvalue weighted by atomic mass is 10.2. The van der Waals surface area contributed by atoms with Gasteiger partial charge in [-0.2, -0.15) is 5.48 Å². The van der Waals surface area contributed by atoms with Crippen LogP contribution in [0.4, 0.5) is 0 Å². The Bertz CT molecular complexity index is 366. The second-order valence-corrected chi connectivity index (χ2v) is 4.29. The van der Waals surface area contributed by atoms with Gasteiger partial charge in [0.25, 0.3) is 0 Å². The van der Waals surface area contributed by atoms with Crippen LogP contribution in [0.25, 0.3) is 0 Å². The van der Waals surface area contributed by atoms with E-state index in [4.69, 9.17) is 9.57 Å². The quantitative estimate of drug-likeness (QED) is 0.644. The van der Waals surface area contributed by atoms with Gasteiger partial charge in [0.15, 0.2) is 0 Å². The van der Waals surface area contributed by atoms with Crippen LogP contribution in [-0.4, -0.2) is 13.7 Å². The van der Waals surface area contributed by atoms with Crippen LogP contribution in [0.1, 0.15) is 12.5 Å². The number of hydroxylamine groups is 1. The summed E-state index contributed by atoms with van der Waals surface area (Å²) in [5, 5.41) is 0. The molecule has 0 aliphatic heterocycles. The molecule has 0 aromatic heterocycles. The summed E-state index contributed by atoms with van der Waals surface area (Å²) >= 11 is 3.51. The first-order chi connectivity index (χ1) is 7.65. The van der Waals surface area contributed by atoms with Crippen LogP contribution >= 0.6 is 15.9 Å². The fraction of sp³-hybridized carbons (Fsp3) is 0.333. The molecule has 1 aromatic rings. The van der Waals surface area contributed by atoms with E-state index in [1.54, 1.807) is 7.11 Å². The van der Waals surface area contributed by atoms with Crippen molar-refractivity contribution in [3.63, 3.8) is 0 Å². The minimum atomic E-state index is 0.528. The van der Waals surface area contributed by atoms with Crippen molar-refractivity contribution in [3.05, 3.63) is 40.4 Å². The number of hydrogen-bond donors (Lipinski definition) is 1. The monoisotopic (exact) mass is 285 g/mol. The Balaban J connectivity index is 2.73. The summed E-state index contributed by atoms with van der Waals surface area (Å²) in [6, 6.07) is 5.87. The topological polar surface area (TPSA) is 30.5 Å². The van der Waals surface area contributed by atoms with Gasteiger partial charge in [-0.3, -0.25) is 0 Å². The average Bonchev–Trinajstić information content (AvgIpc) is 2.26. The SMILES string of the molecule is C=C(C)COc1cccc(CNOC)c1Br. The van der Waals surface area contributed by atoms with Crippen molar-refractivity contribution in [2.75, 3.05) is 13.7 Å². The summed E-state index contributed by atoms with van der Waals surface area (Å²) < 4.78 is 6.55. The molecule has 0 aliphatic rings. The highest BCUT2D eigenvalue weighted by Crippen LogP contribution is 2.28. The molecule has 16 heavy (non-hydrogen) atoms. The molecule has 0 heterocycles. The van der Waals surface area contributed by atoms with Crippen LogP contribution in [0.5, 0.6) is 5.75 Å². The molecule has 1 rings (SSSR count). The summed E-state index contributed by atoms with van der Waals surface area (Å²) in [5.74, 6) is 0.818. The van der Waals surface area contributed by atoms with Gasteiger partial charge in [0.2, 0.25) is 0 Å². The van der Waals surface area contributed by atoms with E-state index in [1.807, 2.05) is 25.1 Å². The standard InChI is InChI=1S/C12H16BrNO2/c1-9(2)8-16-11-6-4-5-10(12(11)13)7-14-15-3/h4-6,14H,1,7-8H2,2-3H3. The van der Waals surface area contributed by atoms with Gasteiger partial charge < -0.3 is 9.57 Å². The Morgan fingerprint density at radius 3 is 2.88 bits per heavy atom. The number of nitrogens with one attached hydrogen (secondary N) is 1. The van der Waals surface area contributed by atoms with E-state index in [9.17, 15) is 0 Å². The molecular formula is C12H16BrNO2. The summed E-state index contributed by atoms with van der Waals surface area (Å²) in [6.07, 6.45) is 0. The van der Waals surface area contributed by atoms with Crippen molar-refractivity contribution in [1.82, 2.24) is 5.48 Å². The Morgan fingerprint density at radius 2 is 2.25 bits per heavy atom. The maximum atomic E-state index is 5.60. The van der Waals surface area contributed by atoms with Crippen molar-refractivity contribution in [2.24, 2.45) is 0 Å². The molecule has 3 nitrogen and oxygen atoms in total. The molecule has 0 unspecified atom stereocenters. The Kier molecular flexibility index (Phi) is 5.52. The zero-order valence-corrected chi connectivity index (χ0v) is 11.1. The molecule has 88 valence electrons. The van der Waals surface area contributed by atoms with E-state index >= 15 is 0 Å². The highest BCUT2D eigenvalue weighted by atomic mass is 79.9. The van der Waals surface area contributed by atoms with Gasteiger partial charge in [-0.25, -0.2) is 0 Å². The van der Waals surface area contributed by atoms with E-state index in [2.05, 4.69) is 28.0 Å². The maximum absolute atomic E-state index is 5.60. The average molecular weight is 286 g/mol. The van der Waals surface area contributed by atoms with Crippen molar-refractivity contribution >= 4 is 15.9 Å². The van der Waals surface area contributed by atoms with Crippen LogP contribution in [0.3, 0.4) is 0 Å². The van der Waals surface area contributed by atoms with E-state index in [0.29, 0.717) is 13.2 Å². The molecule has 1 N–H and O–H groups in total. The number of benzene rings is 1. The van der Waals surface area contributed by atoms with E-state index in [1.165, 1.54) is 0 Å². The minimum Gasteiger partial charge on any atom is -0.488 e. The molecule has 0 radical (unpaired) electrons. The number of ether oxygens (including phenoxy) is 1. The third kappa shape index (κ3) is 3.96. The number of hydrogen-bond acceptors (Lipinski definition) is 3. The highest BCUT2D eigenvalue weighted by molar-refractivity contribution is 9.10. The van der Waals surface area contributed by atoms with E-state index < -0.39 is 0 Å². The zero-order chi connectivity index (χ0) is 12.0. The second kappa shape index (κ2) is 6.68. The molecule has 0 amide bonds. The summed E-state index contributed by atoms with van der Waals surface area (Å²) in [5.41, 5.74) is 4.87. The smallest absolute Gasteiger partial charge is 0.134 e. The Hall–Kier alpha value is -0.840. The first kappa shape index (κ1) is 13.2. The molecule has 4 heteroatoms. The summed E-state index contributed by atoms with van der Waals surface area (Å²) in [6.45, 7) is 6.89. The lowest BCUT2D eigenvalue weighted by molar-refractivity contribution is 0.0865. The van der Waals surface area contributed by atoms with Gasteiger partial charge in [0.05, 0.1) is 11.6 Å². The molecular weight excluding hydrogens is 270 g/mol. The predicted molar refractivity (Wildman–Crippen MR) is 68.3 cm³/mol. The molecule has 0 bridgehead atoms. The third-order valence-corrected chi connectivity index (χ3v) is 2.82. The second-order valence-electron chi connectivity index (χ2n) is 3.50. The zero-order valence-electron chi connectivity index (χ0n) is 9.55. The van der Waals surface area contributed by atoms with Gasteiger partial charge in [-0.15, -0.1) is 0 Å².